The smallest absolute Gasteiger partial charge is 0.305 e. The van der Waals surface area contributed by atoms with E-state index in [2.05, 4.69) is 0 Å². The fourth-order valence-corrected chi connectivity index (χ4v) is 1.99. The Kier molecular flexibility index (Phi) is 7.38. The molecule has 0 bridgehead atoms. The van der Waals surface area contributed by atoms with E-state index in [-0.39, 0.29) is 18.9 Å². The zero-order chi connectivity index (χ0) is 17.4. The van der Waals surface area contributed by atoms with Crippen molar-refractivity contribution < 1.29 is 24.2 Å². The molecule has 128 valence electrons. The Bertz CT molecular complexity index is 542. The quantitative estimate of drug-likeness (QED) is 0.756. The van der Waals surface area contributed by atoms with E-state index in [1.165, 1.54) is 4.90 Å². The van der Waals surface area contributed by atoms with Crippen LogP contribution in [0.25, 0.3) is 0 Å². The molecule has 0 saturated carbocycles. The van der Waals surface area contributed by atoms with E-state index in [1.807, 2.05) is 20.8 Å². The number of nitrogens with zero attached hydrogens (tertiary/aromatic N) is 1. The first-order valence-corrected chi connectivity index (χ1v) is 7.70. The number of amides is 1. The summed E-state index contributed by atoms with van der Waals surface area (Å²) < 4.78 is 10.9. The van der Waals surface area contributed by atoms with Crippen molar-refractivity contribution in [1.29, 1.82) is 0 Å². The summed E-state index contributed by atoms with van der Waals surface area (Å²) >= 11 is 0. The number of benzene rings is 1. The molecule has 0 atom stereocenters. The lowest BCUT2D eigenvalue weighted by Gasteiger charge is -2.22. The fraction of sp³-hybridized carbons (Fsp3) is 0.529. The summed E-state index contributed by atoms with van der Waals surface area (Å²) in [6, 6.07) is 5.03. The summed E-state index contributed by atoms with van der Waals surface area (Å²) in [7, 11) is 1.55. The van der Waals surface area contributed by atoms with Crippen molar-refractivity contribution in [3.63, 3.8) is 0 Å². The maximum Gasteiger partial charge on any atom is 0.305 e. The molecule has 1 amide bonds. The van der Waals surface area contributed by atoms with Gasteiger partial charge in [-0.25, -0.2) is 0 Å². The van der Waals surface area contributed by atoms with E-state index in [1.54, 1.807) is 25.3 Å². The number of carboxylic acid groups (broad SMARTS) is 1. The van der Waals surface area contributed by atoms with Crippen molar-refractivity contribution in [3.05, 3.63) is 23.8 Å². The molecule has 23 heavy (non-hydrogen) atoms. The Morgan fingerprint density at radius 3 is 2.52 bits per heavy atom. The van der Waals surface area contributed by atoms with Gasteiger partial charge in [-0.15, -0.1) is 0 Å². The molecule has 1 aromatic carbocycles. The van der Waals surface area contributed by atoms with Gasteiger partial charge in [-0.1, -0.05) is 13.8 Å². The number of hydrogen-bond donors (Lipinski definition) is 1. The fourth-order valence-electron chi connectivity index (χ4n) is 1.99. The summed E-state index contributed by atoms with van der Waals surface area (Å²) in [5, 5.41) is 8.80. The van der Waals surface area contributed by atoms with Gasteiger partial charge in [-0.3, -0.25) is 9.59 Å². The maximum atomic E-state index is 12.7. The summed E-state index contributed by atoms with van der Waals surface area (Å²) in [6.45, 7) is 6.94. The average Bonchev–Trinajstić information content (AvgIpc) is 2.52. The average molecular weight is 323 g/mol. The molecule has 0 fully saturated rings. The normalized spacial score (nSPS) is 10.5. The summed E-state index contributed by atoms with van der Waals surface area (Å²) in [4.78, 5) is 24.9. The van der Waals surface area contributed by atoms with Gasteiger partial charge in [0.15, 0.2) is 0 Å². The lowest BCUT2D eigenvalue weighted by molar-refractivity contribution is -0.137. The molecule has 6 heteroatoms. The summed E-state index contributed by atoms with van der Waals surface area (Å²) in [5.74, 6) is 0.210. The van der Waals surface area contributed by atoms with Crippen LogP contribution in [-0.4, -0.2) is 48.7 Å². The molecule has 0 heterocycles. The van der Waals surface area contributed by atoms with Gasteiger partial charge in [0.2, 0.25) is 0 Å². The molecule has 0 aliphatic heterocycles. The topological polar surface area (TPSA) is 76.1 Å². The highest BCUT2D eigenvalue weighted by Crippen LogP contribution is 2.26. The van der Waals surface area contributed by atoms with Crippen LogP contribution in [0.1, 0.15) is 37.6 Å². The maximum absolute atomic E-state index is 12.7. The minimum absolute atomic E-state index is 0.0854. The largest absolute Gasteiger partial charge is 0.497 e. The lowest BCUT2D eigenvalue weighted by Crippen LogP contribution is -2.33. The lowest BCUT2D eigenvalue weighted by atomic mass is 10.1. The van der Waals surface area contributed by atoms with Gasteiger partial charge < -0.3 is 19.5 Å². The minimum Gasteiger partial charge on any atom is -0.497 e. The third-order valence-corrected chi connectivity index (χ3v) is 3.26. The summed E-state index contributed by atoms with van der Waals surface area (Å²) in [6.07, 6.45) is -0.0854. The Morgan fingerprint density at radius 2 is 2.00 bits per heavy atom. The van der Waals surface area contributed by atoms with E-state index in [0.29, 0.717) is 36.1 Å². The zero-order valence-corrected chi connectivity index (χ0v) is 14.2. The molecule has 0 aliphatic rings. The Hall–Kier alpha value is -2.24. The van der Waals surface area contributed by atoms with Crippen molar-refractivity contribution >= 4 is 11.9 Å². The second kappa shape index (κ2) is 9.02. The van der Waals surface area contributed by atoms with Crippen molar-refractivity contribution in [2.24, 2.45) is 5.92 Å². The van der Waals surface area contributed by atoms with E-state index in [4.69, 9.17) is 14.6 Å². The van der Waals surface area contributed by atoms with Gasteiger partial charge in [0.25, 0.3) is 5.91 Å². The van der Waals surface area contributed by atoms with Crippen LogP contribution in [0.2, 0.25) is 0 Å². The Balaban J connectivity index is 3.02. The molecule has 1 N–H and O–H groups in total. The van der Waals surface area contributed by atoms with Crippen LogP contribution in [0.3, 0.4) is 0 Å². The molecule has 1 aromatic rings. The van der Waals surface area contributed by atoms with Gasteiger partial charge in [0, 0.05) is 19.2 Å². The van der Waals surface area contributed by atoms with Crippen LogP contribution >= 0.6 is 0 Å². The molecule has 0 unspecified atom stereocenters. The highest BCUT2D eigenvalue weighted by atomic mass is 16.5. The molecule has 6 nitrogen and oxygen atoms in total. The predicted octanol–water partition coefficient (Wildman–Crippen LogP) is 2.67. The third kappa shape index (κ3) is 5.81. The Morgan fingerprint density at radius 1 is 1.30 bits per heavy atom. The van der Waals surface area contributed by atoms with Gasteiger partial charge >= 0.3 is 5.97 Å². The van der Waals surface area contributed by atoms with Crippen LogP contribution in [0, 0.1) is 5.92 Å². The van der Waals surface area contributed by atoms with Gasteiger partial charge in [0.1, 0.15) is 11.5 Å². The van der Waals surface area contributed by atoms with Crippen molar-refractivity contribution in [2.75, 3.05) is 26.8 Å². The van der Waals surface area contributed by atoms with Crippen LogP contribution in [0.15, 0.2) is 18.2 Å². The number of rotatable bonds is 9. The first-order chi connectivity index (χ1) is 10.9. The number of carboxylic acids is 1. The summed E-state index contributed by atoms with van der Waals surface area (Å²) in [5.41, 5.74) is 0.415. The van der Waals surface area contributed by atoms with Crippen molar-refractivity contribution in [3.8, 4) is 11.5 Å². The zero-order valence-electron chi connectivity index (χ0n) is 14.2. The first kappa shape index (κ1) is 18.8. The molecule has 1 rings (SSSR count). The first-order valence-electron chi connectivity index (χ1n) is 7.70. The molecule has 0 aliphatic carbocycles. The highest BCUT2D eigenvalue weighted by molar-refractivity contribution is 5.97. The number of hydrogen-bond acceptors (Lipinski definition) is 4. The molecule has 0 aromatic heterocycles. The molecular formula is C17H25NO5. The van der Waals surface area contributed by atoms with Gasteiger partial charge in [-0.05, 0) is 25.0 Å². The van der Waals surface area contributed by atoms with Crippen molar-refractivity contribution in [1.82, 2.24) is 4.90 Å². The van der Waals surface area contributed by atoms with Crippen LogP contribution in [0.4, 0.5) is 0 Å². The number of methoxy groups -OCH3 is 1. The number of ether oxygens (including phenoxy) is 2. The van der Waals surface area contributed by atoms with Crippen LogP contribution in [0.5, 0.6) is 11.5 Å². The van der Waals surface area contributed by atoms with E-state index >= 15 is 0 Å². The second-order valence-electron chi connectivity index (χ2n) is 5.60. The van der Waals surface area contributed by atoms with Crippen LogP contribution < -0.4 is 9.47 Å². The molecule has 0 spiro atoms. The predicted molar refractivity (Wildman–Crippen MR) is 87.2 cm³/mol. The standard InChI is InChI=1S/C17H25NO5/c1-5-18(9-8-16(19)20)17(21)14-7-6-13(22-4)10-15(14)23-11-12(2)3/h6-7,10,12H,5,8-9,11H2,1-4H3,(H,19,20). The third-order valence-electron chi connectivity index (χ3n) is 3.26. The van der Waals surface area contributed by atoms with Gasteiger partial charge in [0.05, 0.1) is 25.7 Å². The SMILES string of the molecule is CCN(CCC(=O)O)C(=O)c1ccc(OC)cc1OCC(C)C. The minimum atomic E-state index is -0.928. The Labute approximate surface area is 137 Å². The van der Waals surface area contributed by atoms with E-state index in [0.717, 1.165) is 0 Å². The van der Waals surface area contributed by atoms with Crippen LogP contribution in [-0.2, 0) is 4.79 Å². The van der Waals surface area contributed by atoms with Crippen molar-refractivity contribution in [2.45, 2.75) is 27.2 Å². The molecule has 0 radical (unpaired) electrons. The van der Waals surface area contributed by atoms with Gasteiger partial charge in [-0.2, -0.15) is 0 Å². The highest BCUT2D eigenvalue weighted by Gasteiger charge is 2.20. The molecular weight excluding hydrogens is 298 g/mol. The monoisotopic (exact) mass is 323 g/mol. The number of aliphatic carboxylic acids is 1. The number of carbonyl (C=O) groups is 2. The van der Waals surface area contributed by atoms with E-state index < -0.39 is 5.97 Å². The molecule has 0 saturated heterocycles. The number of carbonyl (C=O) groups excluding carboxylic acids is 1. The second-order valence-corrected chi connectivity index (χ2v) is 5.60. The van der Waals surface area contributed by atoms with E-state index in [9.17, 15) is 9.59 Å².